The number of hydrogen-bond acceptors (Lipinski definition) is 11. The van der Waals surface area contributed by atoms with Crippen LogP contribution in [0.4, 0.5) is 0 Å². The van der Waals surface area contributed by atoms with Gasteiger partial charge in [-0.3, -0.25) is 13.8 Å². The van der Waals surface area contributed by atoms with Crippen LogP contribution >= 0.6 is 7.82 Å². The molecule has 9 N–H and O–H groups in total. The van der Waals surface area contributed by atoms with Crippen LogP contribution in [0, 0.1) is 0 Å². The minimum Gasteiger partial charge on any atom is -0.393 e. The van der Waals surface area contributed by atoms with E-state index in [4.69, 9.17) is 9.05 Å². The molecule has 1 aliphatic rings. The lowest BCUT2D eigenvalue weighted by Crippen LogP contribution is -2.64. The molecule has 0 aromatic heterocycles. The van der Waals surface area contributed by atoms with Crippen LogP contribution in [0.3, 0.4) is 0 Å². The Kier molecular flexibility index (Phi) is 32.0. The van der Waals surface area contributed by atoms with Gasteiger partial charge in [0.2, 0.25) is 5.91 Å². The van der Waals surface area contributed by atoms with E-state index in [0.29, 0.717) is 12.8 Å². The first-order valence-electron chi connectivity index (χ1n) is 22.7. The van der Waals surface area contributed by atoms with E-state index in [1.54, 1.807) is 0 Å². The lowest BCUT2D eigenvalue weighted by molar-refractivity contribution is -0.220. The molecule has 0 aromatic carbocycles. The molecule has 14 heteroatoms. The molecule has 0 aromatic rings. The van der Waals surface area contributed by atoms with Crippen LogP contribution in [0.15, 0.2) is 12.2 Å². The summed E-state index contributed by atoms with van der Waals surface area (Å²) in [6.45, 7) is 3.76. The van der Waals surface area contributed by atoms with Crippen LogP contribution in [-0.2, 0) is 18.4 Å². The summed E-state index contributed by atoms with van der Waals surface area (Å²) < 4.78 is 22.9. The number of rotatable bonds is 37. The van der Waals surface area contributed by atoms with Crippen molar-refractivity contribution in [2.75, 3.05) is 6.61 Å². The second-order valence-corrected chi connectivity index (χ2v) is 17.8. The Labute approximate surface area is 344 Å². The molecule has 0 heterocycles. The second kappa shape index (κ2) is 33.7. The number of nitrogens with one attached hydrogen (secondary N) is 1. The summed E-state index contributed by atoms with van der Waals surface area (Å²) in [4.78, 5) is 23.4. The molecule has 338 valence electrons. The van der Waals surface area contributed by atoms with Crippen molar-refractivity contribution in [1.82, 2.24) is 5.32 Å². The molecule has 13 nitrogen and oxygen atoms in total. The molecule has 8 atom stereocenters. The van der Waals surface area contributed by atoms with Gasteiger partial charge in [0, 0.05) is 0 Å². The summed E-state index contributed by atoms with van der Waals surface area (Å²) in [5.74, 6) is -0.565. The number of carbonyl (C=O) groups excluding carboxylic acids is 1. The highest BCUT2D eigenvalue weighted by molar-refractivity contribution is 7.47. The van der Waals surface area contributed by atoms with Crippen molar-refractivity contribution in [2.45, 2.75) is 249 Å². The standard InChI is InChI=1S/C43H84NO12P/c1-3-5-7-9-11-13-15-17-19-21-23-25-27-29-31-36(46)35(33-55-57(53,54)56-43-41(51)39(49)38(48)40(50)42(43)52)44-37(47)32-34(45)30-28-26-24-22-20-18-16-14-12-10-8-6-4-2/h14,16,34-36,38-43,45-46,48-52H,3-13,15,17-33H2,1-2H3,(H,44,47)(H,53,54)/b16-14-. The van der Waals surface area contributed by atoms with Gasteiger partial charge in [0.25, 0.3) is 0 Å². The number of carbonyl (C=O) groups is 1. The zero-order valence-electron chi connectivity index (χ0n) is 35.5. The fraction of sp³-hybridized carbons (Fsp3) is 0.930. The van der Waals surface area contributed by atoms with Crippen molar-refractivity contribution in [3.8, 4) is 0 Å². The Morgan fingerprint density at radius 2 is 0.982 bits per heavy atom. The van der Waals surface area contributed by atoms with Gasteiger partial charge < -0.3 is 46.0 Å². The van der Waals surface area contributed by atoms with Gasteiger partial charge in [-0.25, -0.2) is 4.57 Å². The fourth-order valence-corrected chi connectivity index (χ4v) is 8.32. The van der Waals surface area contributed by atoms with Crippen LogP contribution < -0.4 is 5.32 Å². The summed E-state index contributed by atoms with van der Waals surface area (Å²) >= 11 is 0. The van der Waals surface area contributed by atoms with Crippen molar-refractivity contribution in [3.63, 3.8) is 0 Å². The Balaban J connectivity index is 2.55. The van der Waals surface area contributed by atoms with Gasteiger partial charge in [-0.2, -0.15) is 0 Å². The molecule has 1 saturated carbocycles. The molecule has 8 unspecified atom stereocenters. The van der Waals surface area contributed by atoms with Gasteiger partial charge in [0.15, 0.2) is 0 Å². The van der Waals surface area contributed by atoms with Gasteiger partial charge in [0.1, 0.15) is 36.6 Å². The highest BCUT2D eigenvalue weighted by atomic mass is 31.2. The minimum absolute atomic E-state index is 0.225. The lowest BCUT2D eigenvalue weighted by Gasteiger charge is -2.41. The zero-order chi connectivity index (χ0) is 42.3. The van der Waals surface area contributed by atoms with E-state index < -0.39 is 75.2 Å². The number of amides is 1. The van der Waals surface area contributed by atoms with Gasteiger partial charge in [-0.1, -0.05) is 161 Å². The SMILES string of the molecule is CCCCCC/C=C\CCCCCCCC(O)CC(=O)NC(COP(=O)(O)OC1C(O)C(O)C(O)C(O)C1O)C(O)CCCCCCCCCCCCCCCC. The van der Waals surface area contributed by atoms with Gasteiger partial charge in [-0.15, -0.1) is 0 Å². The molecule has 1 amide bonds. The normalized spacial score (nSPS) is 24.0. The van der Waals surface area contributed by atoms with Crippen LogP contribution in [0.25, 0.3) is 0 Å². The predicted molar refractivity (Wildman–Crippen MR) is 224 cm³/mol. The summed E-state index contributed by atoms with van der Waals surface area (Å²) in [7, 11) is -5.11. The highest BCUT2D eigenvalue weighted by Gasteiger charge is 2.51. The number of allylic oxidation sites excluding steroid dienone is 2. The number of hydrogen-bond donors (Lipinski definition) is 9. The third kappa shape index (κ3) is 26.1. The van der Waals surface area contributed by atoms with Crippen molar-refractivity contribution >= 4 is 13.7 Å². The Bertz CT molecular complexity index is 1040. The Hall–Kier alpha value is -0.960. The molecule has 1 rings (SSSR count). The zero-order valence-corrected chi connectivity index (χ0v) is 36.4. The first-order valence-corrected chi connectivity index (χ1v) is 24.2. The van der Waals surface area contributed by atoms with E-state index in [9.17, 15) is 50.0 Å². The van der Waals surface area contributed by atoms with E-state index in [1.807, 2.05) is 0 Å². The average molecular weight is 838 g/mol. The third-order valence-electron chi connectivity index (χ3n) is 11.1. The molecule has 0 spiro atoms. The summed E-state index contributed by atoms with van der Waals surface area (Å²) in [5, 5.41) is 74.5. The molecule has 0 bridgehead atoms. The first-order chi connectivity index (χ1) is 27.3. The molecule has 0 aliphatic heterocycles. The number of aliphatic hydroxyl groups is 7. The van der Waals surface area contributed by atoms with Crippen molar-refractivity contribution in [3.05, 3.63) is 12.2 Å². The molecule has 1 fully saturated rings. The smallest absolute Gasteiger partial charge is 0.393 e. The quantitative estimate of drug-likeness (QED) is 0.0175. The maximum Gasteiger partial charge on any atom is 0.472 e. The second-order valence-electron chi connectivity index (χ2n) is 16.4. The van der Waals surface area contributed by atoms with Crippen molar-refractivity contribution in [1.29, 1.82) is 0 Å². The van der Waals surface area contributed by atoms with Crippen molar-refractivity contribution in [2.24, 2.45) is 0 Å². The number of aliphatic hydroxyl groups excluding tert-OH is 7. The lowest BCUT2D eigenvalue weighted by atomic mass is 9.85. The summed E-state index contributed by atoms with van der Waals surface area (Å²) in [6, 6.07) is -1.15. The third-order valence-corrected chi connectivity index (χ3v) is 12.1. The van der Waals surface area contributed by atoms with E-state index >= 15 is 0 Å². The fourth-order valence-electron chi connectivity index (χ4n) is 7.36. The van der Waals surface area contributed by atoms with E-state index in [2.05, 4.69) is 31.3 Å². The summed E-state index contributed by atoms with van der Waals surface area (Å²) in [6.07, 6.45) is 19.7. The summed E-state index contributed by atoms with van der Waals surface area (Å²) in [5.41, 5.74) is 0. The number of unbranched alkanes of at least 4 members (excludes halogenated alkanes) is 22. The van der Waals surface area contributed by atoms with Gasteiger partial charge in [-0.05, 0) is 38.5 Å². The van der Waals surface area contributed by atoms with E-state index in [1.165, 1.54) is 83.5 Å². The van der Waals surface area contributed by atoms with Crippen LogP contribution in [0.2, 0.25) is 0 Å². The first kappa shape index (κ1) is 54.1. The highest BCUT2D eigenvalue weighted by Crippen LogP contribution is 2.47. The number of phosphoric acid groups is 1. The Morgan fingerprint density at radius 1 is 0.596 bits per heavy atom. The predicted octanol–water partition coefficient (Wildman–Crippen LogP) is 7.03. The van der Waals surface area contributed by atoms with E-state index in [-0.39, 0.29) is 12.8 Å². The number of phosphoric ester groups is 1. The van der Waals surface area contributed by atoms with Crippen molar-refractivity contribution < 1.29 is 59.0 Å². The minimum atomic E-state index is -5.11. The topological polar surface area (TPSA) is 226 Å². The molecular formula is C43H84NO12P. The van der Waals surface area contributed by atoms with Crippen LogP contribution in [0.5, 0.6) is 0 Å². The molecule has 57 heavy (non-hydrogen) atoms. The van der Waals surface area contributed by atoms with Crippen LogP contribution in [0.1, 0.15) is 194 Å². The maximum absolute atomic E-state index is 13.0. The molecular weight excluding hydrogens is 753 g/mol. The molecule has 1 aliphatic carbocycles. The van der Waals surface area contributed by atoms with Crippen LogP contribution in [-0.4, -0.2) is 108 Å². The monoisotopic (exact) mass is 838 g/mol. The van der Waals surface area contributed by atoms with Gasteiger partial charge in [0.05, 0.1) is 31.3 Å². The average Bonchev–Trinajstić information content (AvgIpc) is 3.18. The molecule has 0 saturated heterocycles. The Morgan fingerprint density at radius 3 is 1.46 bits per heavy atom. The van der Waals surface area contributed by atoms with E-state index in [0.717, 1.165) is 70.6 Å². The molecule has 0 radical (unpaired) electrons. The van der Waals surface area contributed by atoms with Gasteiger partial charge >= 0.3 is 7.82 Å². The maximum atomic E-state index is 13.0. The largest absolute Gasteiger partial charge is 0.472 e.